The summed E-state index contributed by atoms with van der Waals surface area (Å²) in [5.74, 6) is 0.666. The van der Waals surface area contributed by atoms with Crippen LogP contribution in [-0.2, 0) is 6.54 Å². The number of amides is 2. The molecule has 0 spiro atoms. The zero-order valence-electron chi connectivity index (χ0n) is 10.9. The molecule has 3 rings (SSSR count). The quantitative estimate of drug-likeness (QED) is 0.786. The number of carbonyl (C=O) groups is 1. The Morgan fingerprint density at radius 1 is 1.47 bits per heavy atom. The van der Waals surface area contributed by atoms with Crippen LogP contribution in [-0.4, -0.2) is 22.0 Å². The summed E-state index contributed by atoms with van der Waals surface area (Å²) in [6.07, 6.45) is 4.32. The van der Waals surface area contributed by atoms with Gasteiger partial charge in [-0.2, -0.15) is 0 Å². The number of urea groups is 1. The van der Waals surface area contributed by atoms with Crippen molar-refractivity contribution in [3.8, 4) is 0 Å². The van der Waals surface area contributed by atoms with Crippen molar-refractivity contribution < 1.29 is 4.79 Å². The van der Waals surface area contributed by atoms with E-state index in [0.29, 0.717) is 12.5 Å². The highest BCUT2D eigenvalue weighted by Gasteiger charge is 2.28. The number of fused-ring (bicyclic) bond motifs is 1. The lowest BCUT2D eigenvalue weighted by molar-refractivity contribution is 0.236. The number of rotatable bonds is 4. The second-order valence-corrected chi connectivity index (χ2v) is 5.17. The van der Waals surface area contributed by atoms with Crippen molar-refractivity contribution >= 4 is 17.1 Å². The summed E-state index contributed by atoms with van der Waals surface area (Å²) in [7, 11) is 0. The summed E-state index contributed by atoms with van der Waals surface area (Å²) in [4.78, 5) is 19.2. The highest BCUT2D eigenvalue weighted by atomic mass is 16.2. The van der Waals surface area contributed by atoms with E-state index < -0.39 is 0 Å². The first-order valence-corrected chi connectivity index (χ1v) is 6.70. The fraction of sp³-hybridized carbons (Fsp3) is 0.429. The van der Waals surface area contributed by atoms with Crippen LogP contribution in [0.1, 0.15) is 25.5 Å². The van der Waals surface area contributed by atoms with Crippen molar-refractivity contribution in [1.29, 1.82) is 0 Å². The first-order chi connectivity index (χ1) is 9.22. The summed E-state index contributed by atoms with van der Waals surface area (Å²) in [6, 6.07) is 6.05. The van der Waals surface area contributed by atoms with Gasteiger partial charge < -0.3 is 15.6 Å². The molecule has 1 fully saturated rings. The van der Waals surface area contributed by atoms with Gasteiger partial charge in [-0.15, -0.1) is 0 Å². The van der Waals surface area contributed by atoms with E-state index in [1.807, 2.05) is 24.4 Å². The molecule has 1 aliphatic rings. The summed E-state index contributed by atoms with van der Waals surface area (Å²) >= 11 is 0. The maximum atomic E-state index is 11.7. The molecule has 0 radical (unpaired) electrons. The number of aromatic nitrogens is 2. The van der Waals surface area contributed by atoms with E-state index in [-0.39, 0.29) is 12.1 Å². The van der Waals surface area contributed by atoms with Gasteiger partial charge in [0, 0.05) is 17.6 Å². The molecular formula is C14H18N4O. The van der Waals surface area contributed by atoms with E-state index in [0.717, 1.165) is 16.7 Å². The number of pyridine rings is 1. The molecule has 3 N–H and O–H groups in total. The van der Waals surface area contributed by atoms with Crippen molar-refractivity contribution in [2.24, 2.45) is 5.92 Å². The summed E-state index contributed by atoms with van der Waals surface area (Å²) in [6.45, 7) is 2.50. The van der Waals surface area contributed by atoms with E-state index >= 15 is 0 Å². The number of nitrogens with zero attached hydrogens (tertiary/aromatic N) is 1. The fourth-order valence-electron chi connectivity index (χ4n) is 2.21. The van der Waals surface area contributed by atoms with Gasteiger partial charge in [0.1, 0.15) is 5.65 Å². The monoisotopic (exact) mass is 258 g/mol. The predicted octanol–water partition coefficient (Wildman–Crippen LogP) is 2.16. The molecule has 0 bridgehead atoms. The third-order valence-electron chi connectivity index (χ3n) is 3.59. The lowest BCUT2D eigenvalue weighted by Gasteiger charge is -2.13. The van der Waals surface area contributed by atoms with Crippen molar-refractivity contribution in [2.75, 3.05) is 0 Å². The van der Waals surface area contributed by atoms with E-state index in [2.05, 4.69) is 27.5 Å². The first-order valence-electron chi connectivity index (χ1n) is 6.70. The Bertz CT molecular complexity index is 588. The number of nitrogens with one attached hydrogen (secondary N) is 3. The van der Waals surface area contributed by atoms with Gasteiger partial charge in [-0.25, -0.2) is 9.78 Å². The number of aromatic amines is 1. The molecule has 5 nitrogen and oxygen atoms in total. The van der Waals surface area contributed by atoms with Gasteiger partial charge in [-0.3, -0.25) is 0 Å². The molecule has 0 saturated heterocycles. The van der Waals surface area contributed by atoms with Crippen LogP contribution in [0.25, 0.3) is 11.0 Å². The van der Waals surface area contributed by atoms with Gasteiger partial charge in [0.2, 0.25) is 0 Å². The normalized spacial score (nSPS) is 16.3. The number of hydrogen-bond acceptors (Lipinski definition) is 2. The maximum absolute atomic E-state index is 11.7. The zero-order valence-corrected chi connectivity index (χ0v) is 10.9. The molecule has 1 saturated carbocycles. The lowest BCUT2D eigenvalue weighted by atomic mass is 10.2. The van der Waals surface area contributed by atoms with Crippen LogP contribution >= 0.6 is 0 Å². The van der Waals surface area contributed by atoms with Gasteiger partial charge in [-0.1, -0.05) is 0 Å². The average molecular weight is 258 g/mol. The average Bonchev–Trinajstić information content (AvgIpc) is 3.15. The number of carbonyl (C=O) groups excluding carboxylic acids is 1. The summed E-state index contributed by atoms with van der Waals surface area (Å²) in [5, 5.41) is 6.88. The minimum atomic E-state index is -0.118. The Labute approximate surface area is 111 Å². The molecule has 1 aliphatic carbocycles. The van der Waals surface area contributed by atoms with Gasteiger partial charge >= 0.3 is 6.03 Å². The second-order valence-electron chi connectivity index (χ2n) is 5.17. The van der Waals surface area contributed by atoms with Gasteiger partial charge in [-0.05, 0) is 43.9 Å². The topological polar surface area (TPSA) is 69.8 Å². The Kier molecular flexibility index (Phi) is 3.11. The maximum Gasteiger partial charge on any atom is 0.315 e. The largest absolute Gasteiger partial charge is 0.346 e. The Balaban J connectivity index is 1.54. The van der Waals surface area contributed by atoms with Crippen molar-refractivity contribution in [3.63, 3.8) is 0 Å². The van der Waals surface area contributed by atoms with Crippen LogP contribution < -0.4 is 10.6 Å². The SMILES string of the molecule is CC(NC(=O)NCc1ccc2cc[nH]c2n1)C1CC1. The van der Waals surface area contributed by atoms with E-state index in [1.54, 1.807) is 0 Å². The summed E-state index contributed by atoms with van der Waals surface area (Å²) < 4.78 is 0. The molecule has 2 heterocycles. The van der Waals surface area contributed by atoms with Crippen LogP contribution in [0.4, 0.5) is 4.79 Å². The van der Waals surface area contributed by atoms with Crippen molar-refractivity contribution in [1.82, 2.24) is 20.6 Å². The molecule has 2 amide bonds. The standard InChI is InChI=1S/C14H18N4O/c1-9(10-2-3-10)17-14(19)16-8-12-5-4-11-6-7-15-13(11)18-12/h4-7,9-10H,2-3,8H2,1H3,(H,15,18)(H2,16,17,19). The zero-order chi connectivity index (χ0) is 13.2. The fourth-order valence-corrected chi connectivity index (χ4v) is 2.21. The molecule has 100 valence electrons. The molecule has 1 unspecified atom stereocenters. The van der Waals surface area contributed by atoms with Crippen molar-refractivity contribution in [2.45, 2.75) is 32.4 Å². The smallest absolute Gasteiger partial charge is 0.315 e. The lowest BCUT2D eigenvalue weighted by Crippen LogP contribution is -2.41. The summed E-state index contributed by atoms with van der Waals surface area (Å²) in [5.41, 5.74) is 1.70. The van der Waals surface area contributed by atoms with Gasteiger partial charge in [0.05, 0.1) is 12.2 Å². The van der Waals surface area contributed by atoms with Crippen LogP contribution in [0.15, 0.2) is 24.4 Å². The van der Waals surface area contributed by atoms with E-state index in [1.165, 1.54) is 12.8 Å². The Hall–Kier alpha value is -2.04. The van der Waals surface area contributed by atoms with E-state index in [9.17, 15) is 4.79 Å². The Morgan fingerprint density at radius 3 is 3.11 bits per heavy atom. The molecule has 0 aromatic carbocycles. The molecule has 0 aliphatic heterocycles. The molecule has 19 heavy (non-hydrogen) atoms. The Morgan fingerprint density at radius 2 is 2.32 bits per heavy atom. The highest BCUT2D eigenvalue weighted by molar-refractivity contribution is 5.76. The minimum absolute atomic E-state index is 0.118. The number of H-pyrrole nitrogens is 1. The molecular weight excluding hydrogens is 240 g/mol. The van der Waals surface area contributed by atoms with Crippen LogP contribution in [0.5, 0.6) is 0 Å². The predicted molar refractivity (Wildman–Crippen MR) is 73.7 cm³/mol. The molecule has 1 atom stereocenters. The molecule has 2 aromatic rings. The van der Waals surface area contributed by atoms with Crippen LogP contribution in [0, 0.1) is 5.92 Å². The number of hydrogen-bond donors (Lipinski definition) is 3. The van der Waals surface area contributed by atoms with Crippen LogP contribution in [0.3, 0.4) is 0 Å². The molecule has 5 heteroatoms. The van der Waals surface area contributed by atoms with E-state index in [4.69, 9.17) is 0 Å². The second kappa shape index (κ2) is 4.91. The third kappa shape index (κ3) is 2.86. The van der Waals surface area contributed by atoms with Crippen molar-refractivity contribution in [3.05, 3.63) is 30.1 Å². The third-order valence-corrected chi connectivity index (χ3v) is 3.59. The van der Waals surface area contributed by atoms with Crippen LogP contribution in [0.2, 0.25) is 0 Å². The highest BCUT2D eigenvalue weighted by Crippen LogP contribution is 2.32. The minimum Gasteiger partial charge on any atom is -0.346 e. The molecule has 2 aromatic heterocycles. The first kappa shape index (κ1) is 12.0. The van der Waals surface area contributed by atoms with Gasteiger partial charge in [0.15, 0.2) is 0 Å². The van der Waals surface area contributed by atoms with Gasteiger partial charge in [0.25, 0.3) is 0 Å².